The Hall–Kier alpha value is -0.670. The number of aliphatic hydroxyl groups excluding tert-OH is 1. The van der Waals surface area contributed by atoms with E-state index in [2.05, 4.69) is 0 Å². The predicted octanol–water partition coefficient (Wildman–Crippen LogP) is 3.98. The number of hydrogen-bond donors (Lipinski definition) is 1. The van der Waals surface area contributed by atoms with Crippen LogP contribution in [0.2, 0.25) is 0 Å². The third-order valence-electron chi connectivity index (χ3n) is 2.61. The van der Waals surface area contributed by atoms with Gasteiger partial charge in [-0.15, -0.1) is 0 Å². The molecule has 0 saturated heterocycles. The molecule has 0 spiro atoms. The molecule has 20 heavy (non-hydrogen) atoms. The second-order valence-corrected chi connectivity index (χ2v) is 7.45. The average Bonchev–Trinajstić information content (AvgIpc) is 2.35. The van der Waals surface area contributed by atoms with Crippen LogP contribution in [0.5, 0.6) is 0 Å². The van der Waals surface area contributed by atoms with Gasteiger partial charge in [0.2, 0.25) is 0 Å². The van der Waals surface area contributed by atoms with Gasteiger partial charge in [-0.1, -0.05) is 30.3 Å². The van der Waals surface area contributed by atoms with E-state index >= 15 is 0 Å². The molecule has 0 aromatic heterocycles. The van der Waals surface area contributed by atoms with Gasteiger partial charge in [0.05, 0.1) is 12.2 Å². The summed E-state index contributed by atoms with van der Waals surface area (Å²) in [6.07, 6.45) is 0.465. The number of hydrogen-bond acceptors (Lipinski definition) is 4. The second kappa shape index (κ2) is 7.94. The van der Waals surface area contributed by atoms with Crippen molar-refractivity contribution in [3.8, 4) is 0 Å². The van der Waals surface area contributed by atoms with Gasteiger partial charge in [0, 0.05) is 0 Å². The minimum Gasteiger partial charge on any atom is -0.380 e. The number of aryl methyl sites for hydroxylation is 1. The van der Waals surface area contributed by atoms with E-state index in [0.717, 1.165) is 5.56 Å². The molecule has 0 amide bonds. The molecule has 0 heterocycles. The second-order valence-electron chi connectivity index (χ2n) is 5.35. The van der Waals surface area contributed by atoms with Crippen LogP contribution in [0.15, 0.2) is 30.3 Å². The van der Waals surface area contributed by atoms with Crippen LogP contribution in [0.4, 0.5) is 0 Å². The molecular formula is C15H25O4P. The van der Waals surface area contributed by atoms with E-state index in [4.69, 9.17) is 9.05 Å². The number of rotatable bonds is 8. The van der Waals surface area contributed by atoms with Gasteiger partial charge >= 0.3 is 7.60 Å². The van der Waals surface area contributed by atoms with Crippen LogP contribution < -0.4 is 0 Å². The van der Waals surface area contributed by atoms with Gasteiger partial charge in [-0.25, -0.2) is 0 Å². The SMILES string of the molecule is CC(C)OP(=O)(OC(C)C)C(O)CCc1ccccc1. The highest BCUT2D eigenvalue weighted by Crippen LogP contribution is 2.55. The highest BCUT2D eigenvalue weighted by Gasteiger charge is 2.36. The van der Waals surface area contributed by atoms with E-state index in [1.54, 1.807) is 27.7 Å². The van der Waals surface area contributed by atoms with Crippen LogP contribution in [0, 0.1) is 0 Å². The van der Waals surface area contributed by atoms with Crippen molar-refractivity contribution in [3.63, 3.8) is 0 Å². The average molecular weight is 300 g/mol. The van der Waals surface area contributed by atoms with E-state index in [-0.39, 0.29) is 12.2 Å². The summed E-state index contributed by atoms with van der Waals surface area (Å²) in [7, 11) is -3.50. The molecule has 0 saturated carbocycles. The van der Waals surface area contributed by atoms with Crippen LogP contribution in [-0.4, -0.2) is 23.2 Å². The Morgan fingerprint density at radius 3 is 2.00 bits per heavy atom. The van der Waals surface area contributed by atoms with Crippen molar-refractivity contribution < 1.29 is 18.7 Å². The molecule has 1 aromatic carbocycles. The summed E-state index contributed by atoms with van der Waals surface area (Å²) < 4.78 is 23.4. The Balaban J connectivity index is 2.68. The summed E-state index contributed by atoms with van der Waals surface area (Å²) in [5.74, 6) is -1.10. The van der Waals surface area contributed by atoms with E-state index in [1.165, 1.54) is 0 Å². The van der Waals surface area contributed by atoms with Crippen LogP contribution in [0.3, 0.4) is 0 Å². The van der Waals surface area contributed by atoms with Gasteiger partial charge < -0.3 is 14.2 Å². The first kappa shape index (κ1) is 17.4. The predicted molar refractivity (Wildman–Crippen MR) is 80.8 cm³/mol. The van der Waals surface area contributed by atoms with Crippen molar-refractivity contribution in [1.29, 1.82) is 0 Å². The minimum atomic E-state index is -3.50. The molecule has 0 aliphatic heterocycles. The van der Waals surface area contributed by atoms with Crippen molar-refractivity contribution in [3.05, 3.63) is 35.9 Å². The van der Waals surface area contributed by atoms with Crippen molar-refractivity contribution in [2.45, 2.75) is 58.6 Å². The van der Waals surface area contributed by atoms with E-state index in [1.807, 2.05) is 30.3 Å². The molecule has 1 unspecified atom stereocenters. The lowest BCUT2D eigenvalue weighted by atomic mass is 10.1. The maximum atomic E-state index is 12.7. The molecule has 0 aliphatic rings. The van der Waals surface area contributed by atoms with Crippen molar-refractivity contribution in [2.75, 3.05) is 0 Å². The topological polar surface area (TPSA) is 55.8 Å². The fourth-order valence-corrected chi connectivity index (χ4v) is 3.80. The van der Waals surface area contributed by atoms with E-state index < -0.39 is 13.4 Å². The third-order valence-corrected chi connectivity index (χ3v) is 5.03. The Labute approximate surface area is 121 Å². The Morgan fingerprint density at radius 2 is 1.55 bits per heavy atom. The Kier molecular flexibility index (Phi) is 6.90. The van der Waals surface area contributed by atoms with E-state index in [9.17, 15) is 9.67 Å². The van der Waals surface area contributed by atoms with Crippen molar-refractivity contribution in [1.82, 2.24) is 0 Å². The molecule has 0 aliphatic carbocycles. The van der Waals surface area contributed by atoms with Gasteiger partial charge in [0.25, 0.3) is 0 Å². The quantitative estimate of drug-likeness (QED) is 0.738. The molecular weight excluding hydrogens is 275 g/mol. The normalized spacial score (nSPS) is 13.9. The van der Waals surface area contributed by atoms with Crippen molar-refractivity contribution in [2.24, 2.45) is 0 Å². The first-order valence-corrected chi connectivity index (χ1v) is 8.63. The van der Waals surface area contributed by atoms with Crippen LogP contribution in [0.25, 0.3) is 0 Å². The summed E-state index contributed by atoms with van der Waals surface area (Å²) >= 11 is 0. The summed E-state index contributed by atoms with van der Waals surface area (Å²) in [4.78, 5) is 0. The standard InChI is InChI=1S/C15H25O4P/c1-12(2)18-20(17,19-13(3)4)15(16)11-10-14-8-6-5-7-9-14/h5-9,12-13,15-16H,10-11H2,1-4H3. The highest BCUT2D eigenvalue weighted by atomic mass is 31.2. The largest absolute Gasteiger partial charge is 0.380 e. The fraction of sp³-hybridized carbons (Fsp3) is 0.600. The van der Waals surface area contributed by atoms with Gasteiger partial charge in [-0.2, -0.15) is 0 Å². The van der Waals surface area contributed by atoms with Crippen LogP contribution in [-0.2, 0) is 20.0 Å². The summed E-state index contributed by atoms with van der Waals surface area (Å²) in [5, 5.41) is 10.2. The highest BCUT2D eigenvalue weighted by molar-refractivity contribution is 7.54. The zero-order valence-electron chi connectivity index (χ0n) is 12.7. The zero-order valence-corrected chi connectivity index (χ0v) is 13.5. The lowest BCUT2D eigenvalue weighted by Crippen LogP contribution is -2.18. The molecule has 0 radical (unpaired) electrons. The first-order valence-electron chi connectivity index (χ1n) is 7.02. The molecule has 0 bridgehead atoms. The maximum Gasteiger partial charge on any atom is 0.359 e. The smallest absolute Gasteiger partial charge is 0.359 e. The third kappa shape index (κ3) is 5.76. The molecule has 1 N–H and O–H groups in total. The minimum absolute atomic E-state index is 0.258. The van der Waals surface area contributed by atoms with Gasteiger partial charge in [0.15, 0.2) is 5.85 Å². The number of aliphatic hydroxyl groups is 1. The summed E-state index contributed by atoms with van der Waals surface area (Å²) in [6, 6.07) is 9.77. The molecule has 1 aromatic rings. The first-order chi connectivity index (χ1) is 9.33. The van der Waals surface area contributed by atoms with Gasteiger partial charge in [-0.3, -0.25) is 4.57 Å². The molecule has 5 heteroatoms. The summed E-state index contributed by atoms with van der Waals surface area (Å²) in [5.41, 5.74) is 1.09. The molecule has 4 nitrogen and oxygen atoms in total. The molecule has 0 fully saturated rings. The van der Waals surface area contributed by atoms with Crippen LogP contribution >= 0.6 is 7.60 Å². The van der Waals surface area contributed by atoms with E-state index in [0.29, 0.717) is 12.8 Å². The lowest BCUT2D eigenvalue weighted by Gasteiger charge is -2.26. The molecule has 1 atom stereocenters. The number of benzene rings is 1. The Bertz CT molecular complexity index is 417. The van der Waals surface area contributed by atoms with Crippen LogP contribution in [0.1, 0.15) is 39.7 Å². The van der Waals surface area contributed by atoms with Crippen molar-refractivity contribution >= 4 is 7.60 Å². The zero-order chi connectivity index (χ0) is 15.2. The maximum absolute atomic E-state index is 12.7. The molecule has 114 valence electrons. The Morgan fingerprint density at radius 1 is 1.05 bits per heavy atom. The monoisotopic (exact) mass is 300 g/mol. The van der Waals surface area contributed by atoms with Gasteiger partial charge in [0.1, 0.15) is 0 Å². The summed E-state index contributed by atoms with van der Waals surface area (Å²) in [6.45, 7) is 7.11. The molecule has 1 rings (SSSR count). The lowest BCUT2D eigenvalue weighted by molar-refractivity contribution is 0.0983. The van der Waals surface area contributed by atoms with Gasteiger partial charge in [-0.05, 0) is 46.1 Å². The fourth-order valence-electron chi connectivity index (χ4n) is 1.85.